The molecular weight excluding hydrogens is 379 g/mol. The minimum absolute atomic E-state index is 0.000375. The molecule has 3 rings (SSSR count). The van der Waals surface area contributed by atoms with Gasteiger partial charge in [-0.2, -0.15) is 13.2 Å². The molecule has 0 aromatic heterocycles. The average Bonchev–Trinajstić information content (AvgIpc) is 3.46. The fourth-order valence-electron chi connectivity index (χ4n) is 4.50. The summed E-state index contributed by atoms with van der Waals surface area (Å²) in [6, 6.07) is 0.0595. The fraction of sp³-hybridized carbons (Fsp3) is 0.609. The normalized spacial score (nSPS) is 28.8. The van der Waals surface area contributed by atoms with Gasteiger partial charge in [0.15, 0.2) is 0 Å². The van der Waals surface area contributed by atoms with Crippen LogP contribution in [0, 0.1) is 29.6 Å². The molecule has 1 saturated carbocycles. The Morgan fingerprint density at radius 3 is 2.62 bits per heavy atom. The number of carboxylic acids is 1. The number of carboxylic acid groups (broad SMARTS) is 1. The third kappa shape index (κ3) is 5.76. The van der Waals surface area contributed by atoms with Gasteiger partial charge in [-0.3, -0.25) is 9.69 Å². The van der Waals surface area contributed by atoms with Crippen molar-refractivity contribution < 1.29 is 23.1 Å². The monoisotopic (exact) mass is 407 g/mol. The van der Waals surface area contributed by atoms with Crippen LogP contribution in [0.1, 0.15) is 45.4 Å². The molecule has 3 nitrogen and oxygen atoms in total. The van der Waals surface area contributed by atoms with Gasteiger partial charge in [0.05, 0.1) is 11.6 Å². The number of nitrogens with zero attached hydrogens (tertiary/aromatic N) is 1. The van der Waals surface area contributed by atoms with Crippen LogP contribution in [0.4, 0.5) is 13.2 Å². The number of rotatable bonds is 5. The Kier molecular flexibility index (Phi) is 6.58. The summed E-state index contributed by atoms with van der Waals surface area (Å²) >= 11 is 0. The van der Waals surface area contributed by atoms with Gasteiger partial charge in [0.1, 0.15) is 0 Å². The van der Waals surface area contributed by atoms with Gasteiger partial charge in [0.2, 0.25) is 0 Å². The highest BCUT2D eigenvalue weighted by molar-refractivity contribution is 5.67. The molecule has 1 unspecified atom stereocenters. The summed E-state index contributed by atoms with van der Waals surface area (Å²) in [7, 11) is 0. The Bertz CT molecular complexity index is 767. The molecule has 1 N–H and O–H groups in total. The highest BCUT2D eigenvalue weighted by Gasteiger charge is 2.43. The molecule has 158 valence electrons. The van der Waals surface area contributed by atoms with E-state index in [-0.39, 0.29) is 30.3 Å². The number of alkyl halides is 3. The summed E-state index contributed by atoms with van der Waals surface area (Å²) in [5.41, 5.74) is 0.197. The van der Waals surface area contributed by atoms with Gasteiger partial charge >= 0.3 is 12.1 Å². The topological polar surface area (TPSA) is 40.5 Å². The van der Waals surface area contributed by atoms with Gasteiger partial charge < -0.3 is 5.11 Å². The van der Waals surface area contributed by atoms with Crippen LogP contribution < -0.4 is 0 Å². The molecule has 0 radical (unpaired) electrons. The Balaban J connectivity index is 1.82. The highest BCUT2D eigenvalue weighted by Crippen LogP contribution is 2.42. The zero-order valence-electron chi connectivity index (χ0n) is 16.7. The Labute approximate surface area is 170 Å². The Morgan fingerprint density at radius 1 is 1.38 bits per heavy atom. The van der Waals surface area contributed by atoms with Crippen molar-refractivity contribution in [1.82, 2.24) is 4.90 Å². The predicted molar refractivity (Wildman–Crippen MR) is 106 cm³/mol. The largest absolute Gasteiger partial charge is 0.481 e. The number of piperidine rings is 1. The smallest absolute Gasteiger partial charge is 0.416 e. The van der Waals surface area contributed by atoms with Gasteiger partial charge in [0.25, 0.3) is 0 Å². The molecule has 1 saturated heterocycles. The van der Waals surface area contributed by atoms with Crippen molar-refractivity contribution >= 4 is 5.97 Å². The molecule has 0 aromatic rings. The third-order valence-corrected chi connectivity index (χ3v) is 6.07. The van der Waals surface area contributed by atoms with Crippen LogP contribution in [0.5, 0.6) is 0 Å². The van der Waals surface area contributed by atoms with Crippen LogP contribution >= 0.6 is 0 Å². The maximum Gasteiger partial charge on any atom is 0.416 e. The van der Waals surface area contributed by atoms with E-state index < -0.39 is 17.7 Å². The molecule has 4 atom stereocenters. The number of likely N-dealkylation sites (tertiary alicyclic amines) is 1. The van der Waals surface area contributed by atoms with Crippen LogP contribution in [0.25, 0.3) is 0 Å². The van der Waals surface area contributed by atoms with Crippen molar-refractivity contribution in [3.05, 3.63) is 36.0 Å². The van der Waals surface area contributed by atoms with Crippen molar-refractivity contribution in [2.45, 2.75) is 63.7 Å². The summed E-state index contributed by atoms with van der Waals surface area (Å²) in [4.78, 5) is 13.6. The van der Waals surface area contributed by atoms with Crippen LogP contribution in [0.15, 0.2) is 36.0 Å². The second-order valence-electron chi connectivity index (χ2n) is 8.54. The maximum absolute atomic E-state index is 13.0. The molecular formula is C23H28F3NO2. The van der Waals surface area contributed by atoms with E-state index in [0.29, 0.717) is 18.8 Å². The average molecular weight is 407 g/mol. The van der Waals surface area contributed by atoms with Crippen molar-refractivity contribution in [3.8, 4) is 11.8 Å². The number of hydrogen-bond donors (Lipinski definition) is 1. The number of aliphatic carboxylic acids is 1. The van der Waals surface area contributed by atoms with Crippen LogP contribution in [-0.4, -0.2) is 40.8 Å². The van der Waals surface area contributed by atoms with Crippen LogP contribution in [0.2, 0.25) is 0 Å². The molecule has 1 heterocycles. The third-order valence-electron chi connectivity index (χ3n) is 6.07. The molecule has 6 heteroatoms. The molecule has 0 bridgehead atoms. The lowest BCUT2D eigenvalue weighted by Gasteiger charge is -2.45. The molecule has 1 aliphatic heterocycles. The number of allylic oxidation sites excluding steroid dienone is 4. The fourth-order valence-corrected chi connectivity index (χ4v) is 4.50. The zero-order chi connectivity index (χ0) is 21.2. The minimum atomic E-state index is -4.33. The Morgan fingerprint density at radius 2 is 2.10 bits per heavy atom. The van der Waals surface area contributed by atoms with Crippen molar-refractivity contribution in [1.29, 1.82) is 0 Å². The van der Waals surface area contributed by atoms with Crippen LogP contribution in [-0.2, 0) is 4.79 Å². The van der Waals surface area contributed by atoms with Crippen molar-refractivity contribution in [2.75, 3.05) is 6.54 Å². The molecule has 0 amide bonds. The molecule has 2 aliphatic carbocycles. The molecule has 0 aromatic carbocycles. The second kappa shape index (κ2) is 8.79. The van der Waals surface area contributed by atoms with Gasteiger partial charge in [-0.25, -0.2) is 0 Å². The summed E-state index contributed by atoms with van der Waals surface area (Å²) in [5, 5.41) is 9.21. The van der Waals surface area contributed by atoms with E-state index >= 15 is 0 Å². The minimum Gasteiger partial charge on any atom is -0.481 e. The van der Waals surface area contributed by atoms with E-state index in [0.717, 1.165) is 31.4 Å². The molecule has 29 heavy (non-hydrogen) atoms. The van der Waals surface area contributed by atoms with Crippen molar-refractivity contribution in [3.63, 3.8) is 0 Å². The predicted octanol–water partition coefficient (Wildman–Crippen LogP) is 4.96. The lowest BCUT2D eigenvalue weighted by atomic mass is 9.78. The number of hydrogen-bond acceptors (Lipinski definition) is 2. The molecule has 2 fully saturated rings. The molecule has 0 spiro atoms. The highest BCUT2D eigenvalue weighted by atomic mass is 19.4. The first kappa shape index (κ1) is 21.7. The summed E-state index contributed by atoms with van der Waals surface area (Å²) < 4.78 is 39.0. The SMILES string of the molecule is C=C(C)C#C[C@@H](C1CC1)N1CC[C@H](CC(=O)O)C[C@@H]1C1C=CC(C(F)(F)F)=CC1. The lowest BCUT2D eigenvalue weighted by Crippen LogP contribution is -2.52. The number of carbonyl (C=O) groups is 1. The maximum atomic E-state index is 13.0. The van der Waals surface area contributed by atoms with Crippen molar-refractivity contribution in [2.24, 2.45) is 17.8 Å². The number of halogens is 3. The van der Waals surface area contributed by atoms with E-state index in [9.17, 15) is 23.1 Å². The summed E-state index contributed by atoms with van der Waals surface area (Å²) in [6.45, 7) is 6.45. The summed E-state index contributed by atoms with van der Waals surface area (Å²) in [6.07, 6.45) is 3.88. The zero-order valence-corrected chi connectivity index (χ0v) is 16.7. The van der Waals surface area contributed by atoms with E-state index in [1.54, 1.807) is 6.08 Å². The van der Waals surface area contributed by atoms with E-state index in [4.69, 9.17) is 0 Å². The van der Waals surface area contributed by atoms with Gasteiger partial charge in [0, 0.05) is 12.5 Å². The summed E-state index contributed by atoms with van der Waals surface area (Å²) in [5.74, 6) is 6.09. The van der Waals surface area contributed by atoms with Gasteiger partial charge in [-0.1, -0.05) is 36.6 Å². The first-order valence-electron chi connectivity index (χ1n) is 10.2. The lowest BCUT2D eigenvalue weighted by molar-refractivity contribution is -0.138. The van der Waals surface area contributed by atoms with E-state index in [2.05, 4.69) is 23.3 Å². The van der Waals surface area contributed by atoms with E-state index in [1.807, 2.05) is 6.92 Å². The first-order valence-corrected chi connectivity index (χ1v) is 10.2. The molecule has 3 aliphatic rings. The van der Waals surface area contributed by atoms with Crippen LogP contribution in [0.3, 0.4) is 0 Å². The van der Waals surface area contributed by atoms with E-state index in [1.165, 1.54) is 12.2 Å². The first-order chi connectivity index (χ1) is 13.6. The quantitative estimate of drug-likeness (QED) is 0.655. The second-order valence-corrected chi connectivity index (χ2v) is 8.54. The standard InChI is InChI=1S/C23H28F3NO2/c1-15(2)3-10-20(17-4-5-17)27-12-11-16(14-22(28)29)13-21(27)18-6-8-19(9-7-18)23(24,25)26/h6,8-9,16-18,20-21H,1,4-5,7,11-14H2,2H3,(H,28,29)/t16-,18?,20-,21+/m0/s1. The van der Waals surface area contributed by atoms with Gasteiger partial charge in [-0.05, 0) is 68.9 Å². The Hall–Kier alpha value is -2.00. The van der Waals surface area contributed by atoms with Gasteiger partial charge in [-0.15, -0.1) is 0 Å².